The molecule has 3 aromatic carbocycles. The Hall–Kier alpha value is -3.91. The summed E-state index contributed by atoms with van der Waals surface area (Å²) >= 11 is 0. The number of amides is 1. The number of ether oxygens (including phenoxy) is 1. The molecule has 8 heteroatoms. The van der Waals surface area contributed by atoms with E-state index in [2.05, 4.69) is 38.3 Å². The highest BCUT2D eigenvalue weighted by Gasteiger charge is 2.21. The number of likely N-dealkylation sites (N-methyl/N-ethyl adjacent to an activating group) is 1. The van der Waals surface area contributed by atoms with Crippen LogP contribution in [0, 0.1) is 5.82 Å². The van der Waals surface area contributed by atoms with E-state index < -0.39 is 0 Å². The van der Waals surface area contributed by atoms with Gasteiger partial charge in [0.15, 0.2) is 6.61 Å². The number of rotatable bonds is 11. The molecule has 2 N–H and O–H groups in total. The number of benzene rings is 3. The molecule has 1 aliphatic heterocycles. The summed E-state index contributed by atoms with van der Waals surface area (Å²) < 4.78 is 21.2. The number of hydrogen-bond donors (Lipinski definition) is 2. The van der Waals surface area contributed by atoms with Crippen LogP contribution in [0.4, 0.5) is 10.3 Å². The molecule has 0 radical (unpaired) electrons. The number of piperidine rings is 1. The molecular formula is C31H36FN5O2. The first-order valence-corrected chi connectivity index (χ1v) is 13.7. The number of carbonyl (C=O) groups is 1. The van der Waals surface area contributed by atoms with Crippen molar-refractivity contribution < 1.29 is 13.9 Å². The van der Waals surface area contributed by atoms with Gasteiger partial charge in [-0.15, -0.1) is 0 Å². The van der Waals surface area contributed by atoms with Crippen LogP contribution in [0.1, 0.15) is 30.9 Å². The number of nitrogens with zero attached hydrogens (tertiary/aromatic N) is 3. The number of para-hydroxylation sites is 2. The molecule has 2 heterocycles. The van der Waals surface area contributed by atoms with Crippen molar-refractivity contribution in [1.82, 2.24) is 19.8 Å². The van der Waals surface area contributed by atoms with Crippen LogP contribution in [-0.4, -0.2) is 59.2 Å². The summed E-state index contributed by atoms with van der Waals surface area (Å²) in [6, 6.07) is 23.2. The Labute approximate surface area is 229 Å². The van der Waals surface area contributed by atoms with Gasteiger partial charge < -0.3 is 24.8 Å². The smallest absolute Gasteiger partial charge is 0.257 e. The van der Waals surface area contributed by atoms with Crippen LogP contribution in [0.3, 0.4) is 0 Å². The molecule has 4 aromatic rings. The molecule has 5 rings (SSSR count). The lowest BCUT2D eigenvalue weighted by atomic mass is 10.0. The summed E-state index contributed by atoms with van der Waals surface area (Å²) in [6.07, 6.45) is 3.07. The number of anilines is 1. The highest BCUT2D eigenvalue weighted by molar-refractivity contribution is 5.79. The van der Waals surface area contributed by atoms with Gasteiger partial charge in [-0.05, 0) is 73.7 Å². The van der Waals surface area contributed by atoms with E-state index in [1.54, 1.807) is 0 Å². The lowest BCUT2D eigenvalue weighted by Crippen LogP contribution is -2.40. The molecule has 1 aliphatic rings. The number of aromatic nitrogens is 2. The zero-order chi connectivity index (χ0) is 27.0. The minimum Gasteiger partial charge on any atom is -0.484 e. The van der Waals surface area contributed by atoms with E-state index in [1.165, 1.54) is 17.7 Å². The van der Waals surface area contributed by atoms with E-state index in [4.69, 9.17) is 9.72 Å². The second-order valence-electron chi connectivity index (χ2n) is 10.0. The quantitative estimate of drug-likeness (QED) is 0.291. The van der Waals surface area contributed by atoms with E-state index in [9.17, 15) is 9.18 Å². The number of nitrogens with one attached hydrogen (secondary N) is 2. The van der Waals surface area contributed by atoms with Crippen LogP contribution in [0.5, 0.6) is 5.75 Å². The van der Waals surface area contributed by atoms with Crippen molar-refractivity contribution >= 4 is 22.9 Å². The number of likely N-dealkylation sites (tertiary alicyclic amines) is 1. The fourth-order valence-corrected chi connectivity index (χ4v) is 5.04. The third-order valence-electron chi connectivity index (χ3n) is 7.21. The third kappa shape index (κ3) is 7.15. The minimum atomic E-state index is -0.223. The molecule has 1 fully saturated rings. The van der Waals surface area contributed by atoms with Gasteiger partial charge in [-0.3, -0.25) is 4.79 Å². The molecule has 204 valence electrons. The molecule has 0 atom stereocenters. The van der Waals surface area contributed by atoms with E-state index in [-0.39, 0.29) is 18.3 Å². The van der Waals surface area contributed by atoms with Gasteiger partial charge in [0.05, 0.1) is 17.6 Å². The Bertz CT molecular complexity index is 1360. The predicted molar refractivity (Wildman–Crippen MR) is 153 cm³/mol. The average Bonchev–Trinajstić information content (AvgIpc) is 3.30. The summed E-state index contributed by atoms with van der Waals surface area (Å²) in [5.74, 6) is 1.25. The highest BCUT2D eigenvalue weighted by Crippen LogP contribution is 2.24. The summed E-state index contributed by atoms with van der Waals surface area (Å²) in [4.78, 5) is 19.0. The number of imidazole rings is 1. The first-order chi connectivity index (χ1) is 19.1. The van der Waals surface area contributed by atoms with Gasteiger partial charge in [0.25, 0.3) is 5.91 Å². The van der Waals surface area contributed by atoms with Crippen LogP contribution >= 0.6 is 0 Å². The molecule has 0 spiro atoms. The topological polar surface area (TPSA) is 71.4 Å². The van der Waals surface area contributed by atoms with Gasteiger partial charge >= 0.3 is 0 Å². The Balaban J connectivity index is 1.12. The van der Waals surface area contributed by atoms with Crippen molar-refractivity contribution in [3.63, 3.8) is 0 Å². The van der Waals surface area contributed by atoms with Gasteiger partial charge in [-0.1, -0.05) is 36.4 Å². The molecule has 0 aliphatic carbocycles. The first kappa shape index (κ1) is 26.7. The maximum atomic E-state index is 13.4. The highest BCUT2D eigenvalue weighted by atomic mass is 19.1. The standard InChI is InChI=1S/C31H36FN5O2/c1-2-33-30(38)22-39-27-13-9-23(10-14-27)15-18-36-19-16-26(17-20-36)34-31-35-28-5-3-4-6-29(28)37(31)21-24-7-11-25(32)12-8-24/h3-14,26H,2,15-22H2,1H3,(H,33,38)(H,34,35). The number of hydrogen-bond acceptors (Lipinski definition) is 5. The molecule has 1 saturated heterocycles. The van der Waals surface area contributed by atoms with Crippen molar-refractivity contribution in [2.45, 2.75) is 38.8 Å². The summed E-state index contributed by atoms with van der Waals surface area (Å²) in [5, 5.41) is 6.44. The van der Waals surface area contributed by atoms with E-state index in [0.717, 1.165) is 61.4 Å². The second-order valence-corrected chi connectivity index (χ2v) is 10.0. The zero-order valence-electron chi connectivity index (χ0n) is 22.4. The van der Waals surface area contributed by atoms with Gasteiger partial charge in [-0.25, -0.2) is 9.37 Å². The van der Waals surface area contributed by atoms with E-state index in [1.807, 2.05) is 49.4 Å². The molecule has 1 aromatic heterocycles. The molecule has 7 nitrogen and oxygen atoms in total. The van der Waals surface area contributed by atoms with Crippen molar-refractivity contribution in [2.75, 3.05) is 38.1 Å². The van der Waals surface area contributed by atoms with Crippen LogP contribution in [0.15, 0.2) is 72.8 Å². The van der Waals surface area contributed by atoms with Crippen molar-refractivity contribution in [1.29, 1.82) is 0 Å². The summed E-state index contributed by atoms with van der Waals surface area (Å²) in [7, 11) is 0. The molecule has 0 bridgehead atoms. The van der Waals surface area contributed by atoms with Crippen molar-refractivity contribution in [3.05, 3.63) is 89.7 Å². The predicted octanol–water partition coefficient (Wildman–Crippen LogP) is 4.86. The van der Waals surface area contributed by atoms with E-state index >= 15 is 0 Å². The van der Waals surface area contributed by atoms with Crippen LogP contribution in [0.2, 0.25) is 0 Å². The molecule has 0 unspecified atom stereocenters. The Morgan fingerprint density at radius 2 is 1.72 bits per heavy atom. The fourth-order valence-electron chi connectivity index (χ4n) is 5.04. The maximum absolute atomic E-state index is 13.4. The summed E-state index contributed by atoms with van der Waals surface area (Å²) in [6.45, 7) is 6.24. The Kier molecular flexibility index (Phi) is 8.73. The fraction of sp³-hybridized carbons (Fsp3) is 0.355. The Morgan fingerprint density at radius 3 is 2.46 bits per heavy atom. The van der Waals surface area contributed by atoms with Gasteiger partial charge in [0, 0.05) is 32.2 Å². The van der Waals surface area contributed by atoms with E-state index in [0.29, 0.717) is 24.9 Å². The summed E-state index contributed by atoms with van der Waals surface area (Å²) in [5.41, 5.74) is 4.33. The minimum absolute atomic E-state index is 0.0404. The lowest BCUT2D eigenvalue weighted by Gasteiger charge is -2.32. The monoisotopic (exact) mass is 529 g/mol. The van der Waals surface area contributed by atoms with Crippen molar-refractivity contribution in [3.8, 4) is 5.75 Å². The molecule has 0 saturated carbocycles. The van der Waals surface area contributed by atoms with Crippen LogP contribution < -0.4 is 15.4 Å². The van der Waals surface area contributed by atoms with Crippen molar-refractivity contribution in [2.24, 2.45) is 0 Å². The van der Waals surface area contributed by atoms with Crippen LogP contribution in [0.25, 0.3) is 11.0 Å². The zero-order valence-corrected chi connectivity index (χ0v) is 22.4. The van der Waals surface area contributed by atoms with Gasteiger partial charge in [0.1, 0.15) is 11.6 Å². The molecule has 39 heavy (non-hydrogen) atoms. The normalized spacial score (nSPS) is 14.4. The Morgan fingerprint density at radius 1 is 1.00 bits per heavy atom. The maximum Gasteiger partial charge on any atom is 0.257 e. The largest absolute Gasteiger partial charge is 0.484 e. The number of halogens is 1. The molecular weight excluding hydrogens is 493 g/mol. The first-order valence-electron chi connectivity index (χ1n) is 13.7. The molecule has 1 amide bonds. The second kappa shape index (κ2) is 12.8. The average molecular weight is 530 g/mol. The number of fused-ring (bicyclic) bond motifs is 1. The third-order valence-corrected chi connectivity index (χ3v) is 7.21. The SMILES string of the molecule is CCNC(=O)COc1ccc(CCN2CCC(Nc3nc4ccccc4n3Cc3ccc(F)cc3)CC2)cc1. The lowest BCUT2D eigenvalue weighted by molar-refractivity contribution is -0.122. The van der Waals surface area contributed by atoms with Gasteiger partial charge in [-0.2, -0.15) is 0 Å². The number of carbonyl (C=O) groups excluding carboxylic acids is 1. The van der Waals surface area contributed by atoms with Gasteiger partial charge in [0.2, 0.25) is 5.95 Å². The van der Waals surface area contributed by atoms with Crippen LogP contribution in [-0.2, 0) is 17.8 Å².